The molecule has 0 bridgehead atoms. The summed E-state index contributed by atoms with van der Waals surface area (Å²) >= 11 is 1.43. The summed E-state index contributed by atoms with van der Waals surface area (Å²) in [5, 5.41) is 1.90. The van der Waals surface area contributed by atoms with Gasteiger partial charge in [-0.25, -0.2) is 4.98 Å². The second-order valence-electron chi connectivity index (χ2n) is 5.44. The van der Waals surface area contributed by atoms with Gasteiger partial charge in [0.25, 0.3) is 5.56 Å². The maximum absolute atomic E-state index is 12.0. The van der Waals surface area contributed by atoms with Crippen LogP contribution >= 0.6 is 11.3 Å². The van der Waals surface area contributed by atoms with Crippen LogP contribution in [0.15, 0.2) is 40.5 Å². The van der Waals surface area contributed by atoms with E-state index in [-0.39, 0.29) is 5.56 Å². The largest absolute Gasteiger partial charge is 0.308 e. The van der Waals surface area contributed by atoms with E-state index in [4.69, 9.17) is 0 Å². The van der Waals surface area contributed by atoms with Crippen molar-refractivity contribution >= 4 is 21.6 Å². The third-order valence-corrected chi connectivity index (χ3v) is 4.58. The second-order valence-corrected chi connectivity index (χ2v) is 6.36. The summed E-state index contributed by atoms with van der Waals surface area (Å²) in [5.41, 5.74) is 3.29. The monoisotopic (exact) mass is 313 g/mol. The molecule has 3 rings (SSSR count). The van der Waals surface area contributed by atoms with Crippen molar-refractivity contribution in [3.63, 3.8) is 0 Å². The smallest absolute Gasteiger partial charge is 0.268 e. The first-order valence-corrected chi connectivity index (χ1v) is 8.28. The lowest BCUT2D eigenvalue weighted by atomic mass is 10.1. The fourth-order valence-electron chi connectivity index (χ4n) is 2.56. The number of nitrogens with zero attached hydrogens (tertiary/aromatic N) is 2. The number of thiophene rings is 1. The SMILES string of the molecule is CCN(Cc1cccc(C)c1)Cc1nc2ccsc2c(=O)[nH]1. The topological polar surface area (TPSA) is 49.0 Å². The Balaban J connectivity index is 1.80. The fourth-order valence-corrected chi connectivity index (χ4v) is 3.28. The number of H-pyrrole nitrogens is 1. The van der Waals surface area contributed by atoms with Crippen molar-refractivity contribution in [2.45, 2.75) is 26.9 Å². The van der Waals surface area contributed by atoms with Crippen molar-refractivity contribution in [1.29, 1.82) is 0 Å². The minimum atomic E-state index is -0.0402. The van der Waals surface area contributed by atoms with Crippen LogP contribution in [-0.4, -0.2) is 21.4 Å². The highest BCUT2D eigenvalue weighted by Gasteiger charge is 2.09. The summed E-state index contributed by atoms with van der Waals surface area (Å²) in [7, 11) is 0. The molecule has 0 aliphatic carbocycles. The molecule has 0 saturated carbocycles. The van der Waals surface area contributed by atoms with Gasteiger partial charge in [0.15, 0.2) is 0 Å². The van der Waals surface area contributed by atoms with Gasteiger partial charge in [-0.05, 0) is 30.5 Å². The summed E-state index contributed by atoms with van der Waals surface area (Å²) < 4.78 is 0.700. The minimum Gasteiger partial charge on any atom is -0.308 e. The molecule has 0 radical (unpaired) electrons. The number of aromatic amines is 1. The number of hydrogen-bond acceptors (Lipinski definition) is 4. The predicted molar refractivity (Wildman–Crippen MR) is 91.2 cm³/mol. The zero-order chi connectivity index (χ0) is 15.5. The van der Waals surface area contributed by atoms with Gasteiger partial charge in [-0.1, -0.05) is 36.8 Å². The van der Waals surface area contributed by atoms with E-state index in [0.717, 1.165) is 24.4 Å². The molecule has 22 heavy (non-hydrogen) atoms. The molecular formula is C17H19N3OS. The molecule has 2 heterocycles. The molecule has 0 fully saturated rings. The lowest BCUT2D eigenvalue weighted by molar-refractivity contribution is 0.264. The average Bonchev–Trinajstić information content (AvgIpc) is 2.95. The van der Waals surface area contributed by atoms with Gasteiger partial charge in [-0.2, -0.15) is 0 Å². The number of aromatic nitrogens is 2. The Labute approximate surface area is 133 Å². The van der Waals surface area contributed by atoms with Crippen molar-refractivity contribution in [2.24, 2.45) is 0 Å². The van der Waals surface area contributed by atoms with E-state index in [2.05, 4.69) is 53.0 Å². The number of benzene rings is 1. The van der Waals surface area contributed by atoms with E-state index in [9.17, 15) is 4.79 Å². The van der Waals surface area contributed by atoms with Crippen molar-refractivity contribution in [3.8, 4) is 0 Å². The summed E-state index contributed by atoms with van der Waals surface area (Å²) in [4.78, 5) is 21.8. The Bertz CT molecular complexity index is 837. The summed E-state index contributed by atoms with van der Waals surface area (Å²) in [6, 6.07) is 10.4. The molecule has 114 valence electrons. The molecular weight excluding hydrogens is 294 g/mol. The Morgan fingerprint density at radius 2 is 2.14 bits per heavy atom. The molecule has 0 atom stereocenters. The van der Waals surface area contributed by atoms with Crippen LogP contribution in [0, 0.1) is 6.92 Å². The van der Waals surface area contributed by atoms with Crippen molar-refractivity contribution in [3.05, 3.63) is 63.0 Å². The van der Waals surface area contributed by atoms with Gasteiger partial charge < -0.3 is 4.98 Å². The number of aryl methyl sites for hydroxylation is 1. The van der Waals surface area contributed by atoms with Gasteiger partial charge in [-0.15, -0.1) is 11.3 Å². The summed E-state index contributed by atoms with van der Waals surface area (Å²) in [6.45, 7) is 6.62. The Morgan fingerprint density at radius 3 is 2.91 bits per heavy atom. The van der Waals surface area contributed by atoms with Crippen LogP contribution in [0.25, 0.3) is 10.2 Å². The molecule has 0 amide bonds. The Hall–Kier alpha value is -1.98. The molecule has 0 saturated heterocycles. The van der Waals surface area contributed by atoms with E-state index < -0.39 is 0 Å². The van der Waals surface area contributed by atoms with E-state index >= 15 is 0 Å². The van der Waals surface area contributed by atoms with E-state index in [0.29, 0.717) is 11.2 Å². The van der Waals surface area contributed by atoms with E-state index in [1.165, 1.54) is 22.5 Å². The normalized spacial score (nSPS) is 11.4. The molecule has 0 unspecified atom stereocenters. The molecule has 5 heteroatoms. The maximum Gasteiger partial charge on any atom is 0.268 e. The Kier molecular flexibility index (Phi) is 4.36. The van der Waals surface area contributed by atoms with Crippen LogP contribution in [-0.2, 0) is 13.1 Å². The first-order valence-electron chi connectivity index (χ1n) is 7.40. The predicted octanol–water partition coefficient (Wildman–Crippen LogP) is 3.32. The average molecular weight is 313 g/mol. The van der Waals surface area contributed by atoms with Gasteiger partial charge in [0.05, 0.1) is 12.1 Å². The molecule has 3 aromatic rings. The van der Waals surface area contributed by atoms with Crippen LogP contribution in [0.4, 0.5) is 0 Å². The van der Waals surface area contributed by atoms with Gasteiger partial charge in [0.2, 0.25) is 0 Å². The van der Waals surface area contributed by atoms with Crippen molar-refractivity contribution in [2.75, 3.05) is 6.54 Å². The van der Waals surface area contributed by atoms with Crippen LogP contribution in [0.2, 0.25) is 0 Å². The zero-order valence-corrected chi connectivity index (χ0v) is 13.6. The number of fused-ring (bicyclic) bond motifs is 1. The second kappa shape index (κ2) is 6.42. The van der Waals surface area contributed by atoms with E-state index in [1.54, 1.807) is 0 Å². The number of hydrogen-bond donors (Lipinski definition) is 1. The molecule has 4 nitrogen and oxygen atoms in total. The van der Waals surface area contributed by atoms with E-state index in [1.807, 2.05) is 11.4 Å². The third kappa shape index (κ3) is 3.26. The molecule has 1 N–H and O–H groups in total. The van der Waals surface area contributed by atoms with Crippen LogP contribution in [0.5, 0.6) is 0 Å². The lowest BCUT2D eigenvalue weighted by Gasteiger charge is -2.20. The van der Waals surface area contributed by atoms with Gasteiger partial charge >= 0.3 is 0 Å². The summed E-state index contributed by atoms with van der Waals surface area (Å²) in [5.74, 6) is 0.727. The molecule has 0 aliphatic heterocycles. The Morgan fingerprint density at radius 1 is 1.27 bits per heavy atom. The minimum absolute atomic E-state index is 0.0402. The van der Waals surface area contributed by atoms with Crippen molar-refractivity contribution in [1.82, 2.24) is 14.9 Å². The van der Waals surface area contributed by atoms with Crippen molar-refractivity contribution < 1.29 is 0 Å². The first kappa shape index (κ1) is 14.9. The van der Waals surface area contributed by atoms with Gasteiger partial charge in [-0.3, -0.25) is 9.69 Å². The molecule has 1 aromatic carbocycles. The molecule has 0 spiro atoms. The standard InChI is InChI=1S/C17H19N3OS/c1-3-20(10-13-6-4-5-12(2)9-13)11-15-18-14-7-8-22-16(14)17(21)19-15/h4-9H,3,10-11H2,1-2H3,(H,18,19,21). The molecule has 0 aliphatic rings. The first-order chi connectivity index (χ1) is 10.7. The lowest BCUT2D eigenvalue weighted by Crippen LogP contribution is -2.25. The van der Waals surface area contributed by atoms with Crippen LogP contribution in [0.1, 0.15) is 23.9 Å². The highest BCUT2D eigenvalue weighted by Crippen LogP contribution is 2.15. The quantitative estimate of drug-likeness (QED) is 0.786. The highest BCUT2D eigenvalue weighted by molar-refractivity contribution is 7.17. The van der Waals surface area contributed by atoms with Crippen LogP contribution < -0.4 is 5.56 Å². The van der Waals surface area contributed by atoms with Gasteiger partial charge in [0, 0.05) is 6.54 Å². The number of rotatable bonds is 5. The fraction of sp³-hybridized carbons (Fsp3) is 0.294. The maximum atomic E-state index is 12.0. The molecule has 2 aromatic heterocycles. The third-order valence-electron chi connectivity index (χ3n) is 3.67. The highest BCUT2D eigenvalue weighted by atomic mass is 32.1. The number of nitrogens with one attached hydrogen (secondary N) is 1. The zero-order valence-electron chi connectivity index (χ0n) is 12.8. The van der Waals surface area contributed by atoms with Gasteiger partial charge in [0.1, 0.15) is 10.5 Å². The van der Waals surface area contributed by atoms with Crippen LogP contribution in [0.3, 0.4) is 0 Å². The summed E-state index contributed by atoms with van der Waals surface area (Å²) in [6.07, 6.45) is 0.